The number of fused-ring (bicyclic) bond motifs is 1. The number of nitrogens with zero attached hydrogens (tertiary/aromatic N) is 3. The first-order valence-electron chi connectivity index (χ1n) is 10.9. The predicted molar refractivity (Wildman–Crippen MR) is 126 cm³/mol. The minimum Gasteiger partial charge on any atom is -0.495 e. The van der Waals surface area contributed by atoms with Crippen molar-refractivity contribution < 1.29 is 23.8 Å². The molecule has 0 bridgehead atoms. The maximum atomic E-state index is 13.0. The van der Waals surface area contributed by atoms with Crippen LogP contribution >= 0.6 is 0 Å². The molecule has 2 aliphatic rings. The molecule has 2 heterocycles. The Bertz CT molecular complexity index is 1060. The third-order valence-electron chi connectivity index (χ3n) is 6.11. The number of hydrogen-bond acceptors (Lipinski definition) is 6. The zero-order valence-corrected chi connectivity index (χ0v) is 19.2. The van der Waals surface area contributed by atoms with Gasteiger partial charge in [0.15, 0.2) is 11.5 Å². The van der Waals surface area contributed by atoms with Crippen molar-refractivity contribution in [1.82, 2.24) is 9.80 Å². The van der Waals surface area contributed by atoms with Gasteiger partial charge in [-0.25, -0.2) is 0 Å². The number of amides is 2. The van der Waals surface area contributed by atoms with Crippen LogP contribution in [0.25, 0.3) is 6.08 Å². The number of piperazine rings is 1. The molecule has 0 aromatic heterocycles. The van der Waals surface area contributed by atoms with Crippen LogP contribution in [0.3, 0.4) is 0 Å². The summed E-state index contributed by atoms with van der Waals surface area (Å²) in [6.07, 6.45) is 3.72. The molecule has 1 fully saturated rings. The molecular formula is C25H29N3O5. The molecule has 2 aromatic carbocycles. The average Bonchev–Trinajstić information content (AvgIpc) is 3.00. The van der Waals surface area contributed by atoms with Crippen LogP contribution in [0.15, 0.2) is 42.6 Å². The molecule has 33 heavy (non-hydrogen) atoms. The molecular weight excluding hydrogens is 422 g/mol. The Morgan fingerprint density at radius 2 is 1.58 bits per heavy atom. The normalized spacial score (nSPS) is 15.7. The summed E-state index contributed by atoms with van der Waals surface area (Å²) in [5.41, 5.74) is 2.75. The van der Waals surface area contributed by atoms with Crippen LogP contribution in [0.5, 0.6) is 17.2 Å². The molecule has 0 unspecified atom stereocenters. The standard InChI is InChI=1S/C25H29N3O5/c1-31-21-7-5-4-6-20(21)26-10-12-27(13-11-26)25(30)17-28-9-8-18-14-22(32-2)23(33-3)15-19(18)16-24(28)29/h4-9,14-15H,10-13,16-17H2,1-3H3. The summed E-state index contributed by atoms with van der Waals surface area (Å²) < 4.78 is 16.2. The van der Waals surface area contributed by atoms with Crippen LogP contribution < -0.4 is 19.1 Å². The molecule has 2 aromatic rings. The Morgan fingerprint density at radius 1 is 0.909 bits per heavy atom. The minimum absolute atomic E-state index is 0.0201. The Balaban J connectivity index is 1.39. The van der Waals surface area contributed by atoms with Crippen LogP contribution in [0.1, 0.15) is 11.1 Å². The van der Waals surface area contributed by atoms with E-state index >= 15 is 0 Å². The SMILES string of the molecule is COc1cc2c(cc1OC)CC(=O)N(CC(=O)N1CCN(c3ccccc3OC)CC1)C=C2. The van der Waals surface area contributed by atoms with E-state index in [4.69, 9.17) is 14.2 Å². The average molecular weight is 452 g/mol. The van der Waals surface area contributed by atoms with Gasteiger partial charge in [0.05, 0.1) is 33.4 Å². The summed E-state index contributed by atoms with van der Waals surface area (Å²) >= 11 is 0. The monoisotopic (exact) mass is 451 g/mol. The predicted octanol–water partition coefficient (Wildman–Crippen LogP) is 2.42. The third-order valence-corrected chi connectivity index (χ3v) is 6.11. The van der Waals surface area contributed by atoms with Crippen LogP contribution in [-0.4, -0.2) is 75.7 Å². The maximum Gasteiger partial charge on any atom is 0.242 e. The second kappa shape index (κ2) is 9.85. The van der Waals surface area contributed by atoms with Crippen LogP contribution in [0, 0.1) is 0 Å². The van der Waals surface area contributed by atoms with Crippen molar-refractivity contribution in [2.24, 2.45) is 0 Å². The van der Waals surface area contributed by atoms with E-state index in [0.717, 1.165) is 22.6 Å². The lowest BCUT2D eigenvalue weighted by Crippen LogP contribution is -2.51. The second-order valence-electron chi connectivity index (χ2n) is 7.96. The number of ether oxygens (including phenoxy) is 3. The molecule has 0 atom stereocenters. The number of carbonyl (C=O) groups excluding carboxylic acids is 2. The number of rotatable bonds is 6. The smallest absolute Gasteiger partial charge is 0.242 e. The zero-order valence-electron chi connectivity index (χ0n) is 19.2. The first-order valence-corrected chi connectivity index (χ1v) is 10.9. The van der Waals surface area contributed by atoms with Gasteiger partial charge in [-0.2, -0.15) is 0 Å². The number of hydrogen-bond donors (Lipinski definition) is 0. The molecule has 0 saturated carbocycles. The lowest BCUT2D eigenvalue weighted by atomic mass is 10.0. The number of benzene rings is 2. The van der Waals surface area contributed by atoms with Gasteiger partial charge in [-0.05, 0) is 41.5 Å². The highest BCUT2D eigenvalue weighted by Crippen LogP contribution is 2.33. The molecule has 8 heteroatoms. The van der Waals surface area contributed by atoms with E-state index < -0.39 is 0 Å². The molecule has 1 saturated heterocycles. The summed E-state index contributed by atoms with van der Waals surface area (Å²) in [4.78, 5) is 31.4. The second-order valence-corrected chi connectivity index (χ2v) is 7.96. The fourth-order valence-corrected chi connectivity index (χ4v) is 4.24. The first kappa shape index (κ1) is 22.5. The van der Waals surface area contributed by atoms with Crippen molar-refractivity contribution >= 4 is 23.6 Å². The van der Waals surface area contributed by atoms with Crippen molar-refractivity contribution in [3.05, 3.63) is 53.7 Å². The van der Waals surface area contributed by atoms with E-state index in [1.54, 1.807) is 27.5 Å². The minimum atomic E-state index is -0.127. The summed E-state index contributed by atoms with van der Waals surface area (Å²) in [6, 6.07) is 11.6. The van der Waals surface area contributed by atoms with Gasteiger partial charge in [0, 0.05) is 32.4 Å². The summed E-state index contributed by atoms with van der Waals surface area (Å²) in [5.74, 6) is 1.82. The number of para-hydroxylation sites is 2. The van der Waals surface area contributed by atoms with Crippen molar-refractivity contribution in [2.75, 3.05) is 59.0 Å². The van der Waals surface area contributed by atoms with Crippen molar-refractivity contribution in [3.8, 4) is 17.2 Å². The highest BCUT2D eigenvalue weighted by atomic mass is 16.5. The van der Waals surface area contributed by atoms with E-state index in [2.05, 4.69) is 4.90 Å². The maximum absolute atomic E-state index is 13.0. The van der Waals surface area contributed by atoms with Gasteiger partial charge in [0.25, 0.3) is 0 Å². The van der Waals surface area contributed by atoms with Crippen molar-refractivity contribution in [2.45, 2.75) is 6.42 Å². The highest BCUT2D eigenvalue weighted by Gasteiger charge is 2.26. The van der Waals surface area contributed by atoms with Crippen LogP contribution in [0.4, 0.5) is 5.69 Å². The van der Waals surface area contributed by atoms with Gasteiger partial charge in [0.2, 0.25) is 11.8 Å². The van der Waals surface area contributed by atoms with Gasteiger partial charge in [-0.15, -0.1) is 0 Å². The molecule has 4 rings (SSSR count). The lowest BCUT2D eigenvalue weighted by molar-refractivity contribution is -0.138. The number of carbonyl (C=O) groups is 2. The van der Waals surface area contributed by atoms with Gasteiger partial charge in [0.1, 0.15) is 12.3 Å². The molecule has 174 valence electrons. The van der Waals surface area contributed by atoms with Gasteiger partial charge in [-0.3, -0.25) is 9.59 Å². The molecule has 0 aliphatic carbocycles. The highest BCUT2D eigenvalue weighted by molar-refractivity contribution is 5.89. The first-order chi connectivity index (χ1) is 16.0. The lowest BCUT2D eigenvalue weighted by Gasteiger charge is -2.37. The zero-order chi connectivity index (χ0) is 23.4. The Hall–Kier alpha value is -3.68. The molecule has 2 aliphatic heterocycles. The fourth-order valence-electron chi connectivity index (χ4n) is 4.24. The topological polar surface area (TPSA) is 71.6 Å². The fraction of sp³-hybridized carbons (Fsp3) is 0.360. The van der Waals surface area contributed by atoms with Crippen molar-refractivity contribution in [1.29, 1.82) is 0 Å². The van der Waals surface area contributed by atoms with E-state index in [-0.39, 0.29) is 24.8 Å². The summed E-state index contributed by atoms with van der Waals surface area (Å²) in [6.45, 7) is 2.63. The largest absolute Gasteiger partial charge is 0.495 e. The number of anilines is 1. The van der Waals surface area contributed by atoms with Crippen LogP contribution in [0.2, 0.25) is 0 Å². The number of methoxy groups -OCH3 is 3. The van der Waals surface area contributed by atoms with Crippen molar-refractivity contribution in [3.63, 3.8) is 0 Å². The quantitative estimate of drug-likeness (QED) is 0.672. The van der Waals surface area contributed by atoms with E-state index in [1.807, 2.05) is 47.4 Å². The Labute approximate surface area is 193 Å². The van der Waals surface area contributed by atoms with E-state index in [0.29, 0.717) is 37.7 Å². The molecule has 0 radical (unpaired) electrons. The molecule has 0 N–H and O–H groups in total. The molecule has 0 spiro atoms. The summed E-state index contributed by atoms with van der Waals surface area (Å²) in [7, 11) is 4.81. The van der Waals surface area contributed by atoms with Crippen LogP contribution in [-0.2, 0) is 16.0 Å². The van der Waals surface area contributed by atoms with Gasteiger partial charge < -0.3 is 28.9 Å². The summed E-state index contributed by atoms with van der Waals surface area (Å²) in [5, 5.41) is 0. The van der Waals surface area contributed by atoms with Gasteiger partial charge in [-0.1, -0.05) is 12.1 Å². The Morgan fingerprint density at radius 3 is 2.27 bits per heavy atom. The third kappa shape index (κ3) is 4.74. The van der Waals surface area contributed by atoms with E-state index in [1.165, 1.54) is 4.90 Å². The Kier molecular flexibility index (Phi) is 6.72. The molecule has 8 nitrogen and oxygen atoms in total. The van der Waals surface area contributed by atoms with E-state index in [9.17, 15) is 9.59 Å². The molecule has 2 amide bonds. The van der Waals surface area contributed by atoms with Gasteiger partial charge >= 0.3 is 0 Å².